The predicted molar refractivity (Wildman–Crippen MR) is 106 cm³/mol. The molecule has 1 saturated heterocycles. The van der Waals surface area contributed by atoms with Crippen molar-refractivity contribution in [2.24, 2.45) is 0 Å². The Balaban J connectivity index is 1.40. The number of anilines is 1. The van der Waals surface area contributed by atoms with Crippen LogP contribution in [0.3, 0.4) is 0 Å². The van der Waals surface area contributed by atoms with Gasteiger partial charge in [0.1, 0.15) is 0 Å². The first kappa shape index (κ1) is 16.8. The number of aromatic amines is 1. The molecule has 3 heterocycles. The molecule has 1 atom stereocenters. The van der Waals surface area contributed by atoms with Crippen molar-refractivity contribution in [1.29, 1.82) is 0 Å². The molecule has 6 heteroatoms. The first-order chi connectivity index (χ1) is 12.6. The van der Waals surface area contributed by atoms with Crippen LogP contribution in [-0.2, 0) is 0 Å². The van der Waals surface area contributed by atoms with Crippen LogP contribution in [0.2, 0.25) is 0 Å². The minimum absolute atomic E-state index is 0.00986. The average Bonchev–Trinajstić information content (AvgIpc) is 3.35. The summed E-state index contributed by atoms with van der Waals surface area (Å²) in [7, 11) is 0. The van der Waals surface area contributed by atoms with E-state index in [1.54, 1.807) is 11.3 Å². The summed E-state index contributed by atoms with van der Waals surface area (Å²) in [5, 5.41) is 12.8. The summed E-state index contributed by atoms with van der Waals surface area (Å²) >= 11 is 1.69. The fourth-order valence-corrected chi connectivity index (χ4v) is 4.14. The van der Waals surface area contributed by atoms with Gasteiger partial charge in [-0.2, -0.15) is 5.10 Å². The van der Waals surface area contributed by atoms with Crippen LogP contribution < -0.4 is 10.2 Å². The number of hydrogen-bond donors (Lipinski definition) is 2. The molecule has 0 spiro atoms. The summed E-state index contributed by atoms with van der Waals surface area (Å²) < 4.78 is 0. The van der Waals surface area contributed by atoms with Crippen LogP contribution in [0, 0.1) is 13.8 Å². The number of carbonyl (C=O) groups excluding carboxylic acids is 1. The van der Waals surface area contributed by atoms with Gasteiger partial charge in [0.15, 0.2) is 5.82 Å². The highest BCUT2D eigenvalue weighted by Gasteiger charge is 2.26. The standard InChI is InChI=1S/C20H22N4OS/c1-13-5-6-16(14(2)10-13)20(25)21-15-7-8-24(12-15)19-11-17(22-23-19)18-4-3-9-26-18/h3-6,9-11,15H,7-8,12H2,1-2H3,(H,21,25)(H,22,23)/t15-/m1/s1. The lowest BCUT2D eigenvalue weighted by atomic mass is 10.0. The normalized spacial score (nSPS) is 16.8. The van der Waals surface area contributed by atoms with Gasteiger partial charge < -0.3 is 10.2 Å². The van der Waals surface area contributed by atoms with Crippen LogP contribution in [0.25, 0.3) is 10.6 Å². The second-order valence-electron chi connectivity index (χ2n) is 6.84. The summed E-state index contributed by atoms with van der Waals surface area (Å²) in [5.41, 5.74) is 3.99. The van der Waals surface area contributed by atoms with E-state index in [-0.39, 0.29) is 11.9 Å². The number of aromatic nitrogens is 2. The lowest BCUT2D eigenvalue weighted by Crippen LogP contribution is -2.37. The highest BCUT2D eigenvalue weighted by atomic mass is 32.1. The average molecular weight is 366 g/mol. The van der Waals surface area contributed by atoms with Gasteiger partial charge in [-0.1, -0.05) is 23.8 Å². The van der Waals surface area contributed by atoms with Gasteiger partial charge in [-0.3, -0.25) is 9.89 Å². The van der Waals surface area contributed by atoms with Gasteiger partial charge in [0.05, 0.1) is 10.6 Å². The Morgan fingerprint density at radius 1 is 1.31 bits per heavy atom. The molecule has 0 saturated carbocycles. The molecule has 1 amide bonds. The quantitative estimate of drug-likeness (QED) is 0.739. The van der Waals surface area contributed by atoms with Crippen molar-refractivity contribution >= 4 is 23.1 Å². The largest absolute Gasteiger partial charge is 0.353 e. The van der Waals surface area contributed by atoms with Crippen LogP contribution in [0.5, 0.6) is 0 Å². The lowest BCUT2D eigenvalue weighted by Gasteiger charge is -2.16. The predicted octanol–water partition coefficient (Wildman–Crippen LogP) is 3.76. The zero-order chi connectivity index (χ0) is 18.1. The molecule has 1 aromatic carbocycles. The molecule has 0 aliphatic carbocycles. The van der Waals surface area contributed by atoms with E-state index in [2.05, 4.69) is 37.9 Å². The van der Waals surface area contributed by atoms with E-state index in [0.29, 0.717) is 0 Å². The topological polar surface area (TPSA) is 61.0 Å². The Labute approximate surface area is 157 Å². The number of aryl methyl sites for hydroxylation is 2. The van der Waals surface area contributed by atoms with Crippen LogP contribution >= 0.6 is 11.3 Å². The number of hydrogen-bond acceptors (Lipinski definition) is 4. The molecular formula is C20H22N4OS. The highest BCUT2D eigenvalue weighted by molar-refractivity contribution is 7.13. The number of nitrogens with zero attached hydrogens (tertiary/aromatic N) is 2. The minimum Gasteiger partial charge on any atom is -0.353 e. The van der Waals surface area contributed by atoms with E-state index in [0.717, 1.165) is 42.1 Å². The van der Waals surface area contributed by atoms with Crippen molar-refractivity contribution in [3.63, 3.8) is 0 Å². The molecule has 1 fully saturated rings. The molecule has 5 nitrogen and oxygen atoms in total. The van der Waals surface area contributed by atoms with E-state index >= 15 is 0 Å². The van der Waals surface area contributed by atoms with Crippen molar-refractivity contribution in [3.05, 3.63) is 58.5 Å². The second-order valence-corrected chi connectivity index (χ2v) is 7.79. The van der Waals surface area contributed by atoms with Gasteiger partial charge in [-0.05, 0) is 43.3 Å². The van der Waals surface area contributed by atoms with Gasteiger partial charge in [0.2, 0.25) is 0 Å². The van der Waals surface area contributed by atoms with E-state index < -0.39 is 0 Å². The number of benzene rings is 1. The first-order valence-corrected chi connectivity index (χ1v) is 9.70. The Morgan fingerprint density at radius 3 is 2.96 bits per heavy atom. The zero-order valence-corrected chi connectivity index (χ0v) is 15.8. The van der Waals surface area contributed by atoms with Crippen LogP contribution in [-0.4, -0.2) is 35.2 Å². The van der Waals surface area contributed by atoms with E-state index in [1.165, 1.54) is 10.4 Å². The number of carbonyl (C=O) groups is 1. The van der Waals surface area contributed by atoms with Crippen molar-refractivity contribution in [2.45, 2.75) is 26.3 Å². The van der Waals surface area contributed by atoms with Gasteiger partial charge in [0, 0.05) is 30.8 Å². The minimum atomic E-state index is 0.00986. The molecule has 134 valence electrons. The number of rotatable bonds is 4. The summed E-state index contributed by atoms with van der Waals surface area (Å²) in [6, 6.07) is 12.3. The molecular weight excluding hydrogens is 344 g/mol. The third-order valence-electron chi connectivity index (χ3n) is 4.82. The Morgan fingerprint density at radius 2 is 2.19 bits per heavy atom. The summed E-state index contributed by atoms with van der Waals surface area (Å²) in [6.07, 6.45) is 0.928. The van der Waals surface area contributed by atoms with Crippen LogP contribution in [0.1, 0.15) is 27.9 Å². The maximum absolute atomic E-state index is 12.6. The van der Waals surface area contributed by atoms with Gasteiger partial charge in [-0.25, -0.2) is 0 Å². The Kier molecular flexibility index (Phi) is 4.51. The Hall–Kier alpha value is -2.60. The monoisotopic (exact) mass is 366 g/mol. The Bertz CT molecular complexity index is 916. The van der Waals surface area contributed by atoms with Gasteiger partial charge in [-0.15, -0.1) is 11.3 Å². The smallest absolute Gasteiger partial charge is 0.251 e. The van der Waals surface area contributed by atoms with E-state index in [4.69, 9.17) is 0 Å². The summed E-state index contributed by atoms with van der Waals surface area (Å²) in [5.74, 6) is 0.951. The number of amides is 1. The molecule has 0 unspecified atom stereocenters. The molecule has 2 aromatic heterocycles. The molecule has 1 aliphatic heterocycles. The molecule has 4 rings (SSSR count). The number of thiophene rings is 1. The van der Waals surface area contributed by atoms with Crippen molar-refractivity contribution in [2.75, 3.05) is 18.0 Å². The third kappa shape index (κ3) is 3.37. The van der Waals surface area contributed by atoms with Gasteiger partial charge in [0.25, 0.3) is 5.91 Å². The van der Waals surface area contributed by atoms with Crippen LogP contribution in [0.4, 0.5) is 5.82 Å². The maximum Gasteiger partial charge on any atom is 0.251 e. The third-order valence-corrected chi connectivity index (χ3v) is 5.73. The first-order valence-electron chi connectivity index (χ1n) is 8.82. The summed E-state index contributed by atoms with van der Waals surface area (Å²) in [4.78, 5) is 16.0. The fourth-order valence-electron chi connectivity index (χ4n) is 3.45. The van der Waals surface area contributed by atoms with Gasteiger partial charge >= 0.3 is 0 Å². The number of nitrogens with one attached hydrogen (secondary N) is 2. The van der Waals surface area contributed by atoms with E-state index in [9.17, 15) is 4.79 Å². The second kappa shape index (κ2) is 6.96. The highest BCUT2D eigenvalue weighted by Crippen LogP contribution is 2.27. The molecule has 2 N–H and O–H groups in total. The molecule has 0 bridgehead atoms. The molecule has 3 aromatic rings. The summed E-state index contributed by atoms with van der Waals surface area (Å²) in [6.45, 7) is 5.70. The van der Waals surface area contributed by atoms with Crippen LogP contribution in [0.15, 0.2) is 41.8 Å². The molecule has 26 heavy (non-hydrogen) atoms. The maximum atomic E-state index is 12.6. The number of H-pyrrole nitrogens is 1. The fraction of sp³-hybridized carbons (Fsp3) is 0.300. The SMILES string of the molecule is Cc1ccc(C(=O)N[C@@H]2CCN(c3cc(-c4cccs4)[nH]n3)C2)c(C)c1. The molecule has 0 radical (unpaired) electrons. The van der Waals surface area contributed by atoms with E-state index in [1.807, 2.05) is 38.1 Å². The molecule has 1 aliphatic rings. The van der Waals surface area contributed by atoms with Crippen molar-refractivity contribution in [3.8, 4) is 10.6 Å². The van der Waals surface area contributed by atoms with Crippen molar-refractivity contribution in [1.82, 2.24) is 15.5 Å². The van der Waals surface area contributed by atoms with Crippen molar-refractivity contribution < 1.29 is 4.79 Å². The lowest BCUT2D eigenvalue weighted by molar-refractivity contribution is 0.0940. The zero-order valence-electron chi connectivity index (χ0n) is 15.0.